The molecule has 0 aliphatic carbocycles. The molecule has 2 rings (SSSR count). The van der Waals surface area contributed by atoms with Crippen molar-refractivity contribution in [3.8, 4) is 11.4 Å². The number of ketones is 1. The van der Waals surface area contributed by atoms with Crippen LogP contribution in [0.5, 0.6) is 0 Å². The standard InChI is InChI=1S/C16H20N2O2/c1-5-11-6-8-12(9-7-11)15-17-14(20-18-15)10-13(19)16(2,3)4/h6-9H,5,10H2,1-4H3. The Balaban J connectivity index is 2.14. The van der Waals surface area contributed by atoms with Crippen molar-refractivity contribution in [3.63, 3.8) is 0 Å². The number of nitrogens with zero attached hydrogens (tertiary/aromatic N) is 2. The van der Waals surface area contributed by atoms with E-state index in [1.807, 2.05) is 45.0 Å². The molecule has 1 aromatic heterocycles. The third kappa shape index (κ3) is 3.32. The summed E-state index contributed by atoms with van der Waals surface area (Å²) >= 11 is 0. The second-order valence-electron chi connectivity index (χ2n) is 5.91. The van der Waals surface area contributed by atoms with Gasteiger partial charge in [-0.05, 0) is 12.0 Å². The lowest BCUT2D eigenvalue weighted by Crippen LogP contribution is -2.22. The number of rotatable bonds is 4. The lowest BCUT2D eigenvalue weighted by atomic mass is 9.89. The maximum Gasteiger partial charge on any atom is 0.234 e. The van der Waals surface area contributed by atoms with Gasteiger partial charge >= 0.3 is 0 Å². The molecule has 20 heavy (non-hydrogen) atoms. The molecule has 1 heterocycles. The summed E-state index contributed by atoms with van der Waals surface area (Å²) in [4.78, 5) is 16.2. The van der Waals surface area contributed by atoms with Crippen molar-refractivity contribution >= 4 is 5.78 Å². The molecule has 0 fully saturated rings. The van der Waals surface area contributed by atoms with Crippen LogP contribution in [0.3, 0.4) is 0 Å². The Morgan fingerprint density at radius 2 is 1.85 bits per heavy atom. The topological polar surface area (TPSA) is 56.0 Å². The zero-order valence-electron chi connectivity index (χ0n) is 12.4. The first-order valence-electron chi connectivity index (χ1n) is 6.85. The van der Waals surface area contributed by atoms with Crippen LogP contribution in [0.4, 0.5) is 0 Å². The summed E-state index contributed by atoms with van der Waals surface area (Å²) in [6.07, 6.45) is 1.18. The van der Waals surface area contributed by atoms with Gasteiger partial charge in [-0.25, -0.2) is 0 Å². The molecular formula is C16H20N2O2. The average Bonchev–Trinajstić information content (AvgIpc) is 2.86. The van der Waals surface area contributed by atoms with E-state index in [9.17, 15) is 4.79 Å². The first kappa shape index (κ1) is 14.4. The van der Waals surface area contributed by atoms with E-state index in [0.29, 0.717) is 11.7 Å². The van der Waals surface area contributed by atoms with Crippen molar-refractivity contribution in [2.24, 2.45) is 5.41 Å². The van der Waals surface area contributed by atoms with Gasteiger partial charge < -0.3 is 4.52 Å². The fourth-order valence-electron chi connectivity index (χ4n) is 1.74. The highest BCUT2D eigenvalue weighted by molar-refractivity contribution is 5.85. The molecule has 0 amide bonds. The maximum absolute atomic E-state index is 11.9. The van der Waals surface area contributed by atoms with Gasteiger partial charge in [0.25, 0.3) is 0 Å². The predicted molar refractivity (Wildman–Crippen MR) is 77.3 cm³/mol. The first-order chi connectivity index (χ1) is 9.40. The van der Waals surface area contributed by atoms with Crippen molar-refractivity contribution in [1.29, 1.82) is 0 Å². The molecule has 0 unspecified atom stereocenters. The summed E-state index contributed by atoms with van der Waals surface area (Å²) in [6, 6.07) is 8.04. The first-order valence-corrected chi connectivity index (χ1v) is 6.85. The fraction of sp³-hybridized carbons (Fsp3) is 0.438. The fourth-order valence-corrected chi connectivity index (χ4v) is 1.74. The minimum absolute atomic E-state index is 0.0917. The van der Waals surface area contributed by atoms with Gasteiger partial charge in [0.1, 0.15) is 5.78 Å². The zero-order chi connectivity index (χ0) is 14.8. The van der Waals surface area contributed by atoms with Gasteiger partial charge in [0.05, 0.1) is 6.42 Å². The van der Waals surface area contributed by atoms with E-state index in [0.717, 1.165) is 12.0 Å². The van der Waals surface area contributed by atoms with E-state index in [2.05, 4.69) is 17.1 Å². The van der Waals surface area contributed by atoms with Gasteiger partial charge in [0.15, 0.2) is 0 Å². The molecule has 0 bridgehead atoms. The van der Waals surface area contributed by atoms with Gasteiger partial charge in [-0.15, -0.1) is 0 Å². The Morgan fingerprint density at radius 3 is 2.40 bits per heavy atom. The summed E-state index contributed by atoms with van der Waals surface area (Å²) in [5.74, 6) is 0.998. The highest BCUT2D eigenvalue weighted by atomic mass is 16.5. The molecule has 4 nitrogen and oxygen atoms in total. The molecular weight excluding hydrogens is 252 g/mol. The Labute approximate surface area is 119 Å². The molecule has 0 saturated carbocycles. The van der Waals surface area contributed by atoms with Crippen molar-refractivity contribution in [3.05, 3.63) is 35.7 Å². The predicted octanol–water partition coefficient (Wildman–Crippen LogP) is 3.46. The van der Waals surface area contributed by atoms with E-state index >= 15 is 0 Å². The monoisotopic (exact) mass is 272 g/mol. The number of carbonyl (C=O) groups excluding carboxylic acids is 1. The van der Waals surface area contributed by atoms with Gasteiger partial charge in [-0.2, -0.15) is 4.98 Å². The van der Waals surface area contributed by atoms with Crippen LogP contribution in [0, 0.1) is 5.41 Å². The van der Waals surface area contributed by atoms with Crippen LogP contribution in [-0.4, -0.2) is 15.9 Å². The molecule has 0 radical (unpaired) electrons. The van der Waals surface area contributed by atoms with E-state index in [-0.39, 0.29) is 12.2 Å². The molecule has 0 N–H and O–H groups in total. The number of benzene rings is 1. The average molecular weight is 272 g/mol. The van der Waals surface area contributed by atoms with Crippen LogP contribution in [0.25, 0.3) is 11.4 Å². The van der Waals surface area contributed by atoms with Gasteiger partial charge in [-0.1, -0.05) is 57.1 Å². The molecule has 0 aliphatic heterocycles. The molecule has 4 heteroatoms. The Kier molecular flexibility index (Phi) is 4.02. The van der Waals surface area contributed by atoms with Crippen molar-refractivity contribution in [2.75, 3.05) is 0 Å². The summed E-state index contributed by atoms with van der Waals surface area (Å²) < 4.78 is 5.16. The number of hydrogen-bond donors (Lipinski definition) is 0. The van der Waals surface area contributed by atoms with Crippen molar-refractivity contribution < 1.29 is 9.32 Å². The molecule has 0 spiro atoms. The summed E-state index contributed by atoms with van der Waals surface area (Å²) in [5, 5.41) is 3.94. The highest BCUT2D eigenvalue weighted by Crippen LogP contribution is 2.20. The third-order valence-electron chi connectivity index (χ3n) is 3.24. The van der Waals surface area contributed by atoms with Gasteiger partial charge in [-0.3, -0.25) is 4.79 Å². The summed E-state index contributed by atoms with van der Waals surface area (Å²) in [6.45, 7) is 7.77. The second kappa shape index (κ2) is 5.57. The molecule has 1 aromatic carbocycles. The Bertz CT molecular complexity index is 592. The minimum atomic E-state index is -0.391. The number of aryl methyl sites for hydroxylation is 1. The quantitative estimate of drug-likeness (QED) is 0.855. The lowest BCUT2D eigenvalue weighted by Gasteiger charge is -2.14. The highest BCUT2D eigenvalue weighted by Gasteiger charge is 2.23. The lowest BCUT2D eigenvalue weighted by molar-refractivity contribution is -0.125. The Hall–Kier alpha value is -1.97. The van der Waals surface area contributed by atoms with Crippen LogP contribution in [0.2, 0.25) is 0 Å². The molecule has 0 atom stereocenters. The van der Waals surface area contributed by atoms with Gasteiger partial charge in [0, 0.05) is 11.0 Å². The summed E-state index contributed by atoms with van der Waals surface area (Å²) in [7, 11) is 0. The number of carbonyl (C=O) groups is 1. The Morgan fingerprint density at radius 1 is 1.20 bits per heavy atom. The molecule has 2 aromatic rings. The van der Waals surface area contributed by atoms with Crippen molar-refractivity contribution in [2.45, 2.75) is 40.5 Å². The summed E-state index contributed by atoms with van der Waals surface area (Å²) in [5.41, 5.74) is 1.78. The van der Waals surface area contributed by atoms with Crippen molar-refractivity contribution in [1.82, 2.24) is 10.1 Å². The van der Waals surface area contributed by atoms with Crippen LogP contribution in [0.15, 0.2) is 28.8 Å². The maximum atomic E-state index is 11.9. The van der Waals surface area contributed by atoms with Gasteiger partial charge in [0.2, 0.25) is 11.7 Å². The minimum Gasteiger partial charge on any atom is -0.339 e. The third-order valence-corrected chi connectivity index (χ3v) is 3.24. The smallest absolute Gasteiger partial charge is 0.234 e. The molecule has 0 saturated heterocycles. The van der Waals surface area contributed by atoms with E-state index in [4.69, 9.17) is 4.52 Å². The normalized spacial score (nSPS) is 11.6. The molecule has 0 aliphatic rings. The number of aromatic nitrogens is 2. The largest absolute Gasteiger partial charge is 0.339 e. The van der Waals surface area contributed by atoms with E-state index in [1.165, 1.54) is 5.56 Å². The van der Waals surface area contributed by atoms with Crippen LogP contribution in [0.1, 0.15) is 39.1 Å². The van der Waals surface area contributed by atoms with Crippen LogP contribution in [-0.2, 0) is 17.6 Å². The number of hydrogen-bond acceptors (Lipinski definition) is 4. The SMILES string of the molecule is CCc1ccc(-c2noc(CC(=O)C(C)(C)C)n2)cc1. The second-order valence-corrected chi connectivity index (χ2v) is 5.91. The van der Waals surface area contributed by atoms with E-state index < -0.39 is 5.41 Å². The molecule has 106 valence electrons. The van der Waals surface area contributed by atoms with Crippen LogP contribution < -0.4 is 0 Å². The number of Topliss-reactive ketones (excluding diaryl/α,β-unsaturated/α-hetero) is 1. The van der Waals surface area contributed by atoms with Crippen LogP contribution >= 0.6 is 0 Å². The zero-order valence-corrected chi connectivity index (χ0v) is 12.4. The van der Waals surface area contributed by atoms with E-state index in [1.54, 1.807) is 0 Å².